The fourth-order valence-corrected chi connectivity index (χ4v) is 8.81. The van der Waals surface area contributed by atoms with Crippen molar-refractivity contribution in [1.82, 2.24) is 4.57 Å². The quantitative estimate of drug-likeness (QED) is 0.163. The Balaban J connectivity index is 1.07. The van der Waals surface area contributed by atoms with Crippen LogP contribution in [-0.2, 0) is 0 Å². The summed E-state index contributed by atoms with van der Waals surface area (Å²) >= 11 is 0. The van der Waals surface area contributed by atoms with Crippen molar-refractivity contribution in [3.8, 4) is 16.8 Å². The number of rotatable bonds is 7. The monoisotopic (exact) mass is 728 g/mol. The van der Waals surface area contributed by atoms with Crippen LogP contribution in [0.5, 0.6) is 0 Å². The van der Waals surface area contributed by atoms with Crippen molar-refractivity contribution >= 4 is 94.5 Å². The molecule has 0 radical (unpaired) electrons. The molecule has 0 unspecified atom stereocenters. The van der Waals surface area contributed by atoms with Gasteiger partial charge in [-0.05, 0) is 111 Å². The Labute approximate surface area is 330 Å². The Hall–Kier alpha value is -7.62. The van der Waals surface area contributed by atoms with Crippen molar-refractivity contribution in [1.29, 1.82) is 0 Å². The van der Waals surface area contributed by atoms with Crippen LogP contribution in [0.4, 0.5) is 17.1 Å². The summed E-state index contributed by atoms with van der Waals surface area (Å²) in [4.78, 5) is 2.35. The average molecular weight is 729 g/mol. The second-order valence-electron chi connectivity index (χ2n) is 14.6. The summed E-state index contributed by atoms with van der Waals surface area (Å²) in [7, 11) is 0. The lowest BCUT2D eigenvalue weighted by Gasteiger charge is -2.28. The molecule has 0 amide bonds. The van der Waals surface area contributed by atoms with E-state index in [0.29, 0.717) is 0 Å². The normalized spacial score (nSPS) is 11.6. The maximum atomic E-state index is 6.26. The molecule has 2 aromatic heterocycles. The Morgan fingerprint density at radius 3 is 1.93 bits per heavy atom. The second kappa shape index (κ2) is 13.0. The van der Waals surface area contributed by atoms with Crippen LogP contribution in [0, 0.1) is 0 Å². The van der Waals surface area contributed by atoms with E-state index in [4.69, 9.17) is 4.42 Å². The molecule has 2 heterocycles. The molecule has 0 bridgehead atoms. The van der Waals surface area contributed by atoms with Gasteiger partial charge in [0.1, 0.15) is 11.2 Å². The first-order valence-corrected chi connectivity index (χ1v) is 19.3. The lowest BCUT2D eigenvalue weighted by Crippen LogP contribution is -2.11. The van der Waals surface area contributed by atoms with Crippen molar-refractivity contribution in [2.45, 2.75) is 0 Å². The third-order valence-electron chi connectivity index (χ3n) is 11.5. The minimum atomic E-state index is 0.867. The Kier molecular flexibility index (Phi) is 7.48. The van der Waals surface area contributed by atoms with Crippen LogP contribution in [0.1, 0.15) is 11.1 Å². The molecule has 11 aromatic rings. The molecule has 0 atom stereocenters. The largest absolute Gasteiger partial charge is 0.456 e. The fourth-order valence-electron chi connectivity index (χ4n) is 8.81. The zero-order chi connectivity index (χ0) is 38.0. The van der Waals surface area contributed by atoms with Crippen molar-refractivity contribution in [2.75, 3.05) is 4.90 Å². The van der Waals surface area contributed by atoms with Gasteiger partial charge in [-0.1, -0.05) is 135 Å². The first-order valence-electron chi connectivity index (χ1n) is 19.3. The van der Waals surface area contributed by atoms with Crippen LogP contribution in [0.3, 0.4) is 0 Å². The molecule has 0 N–H and O–H groups in total. The average Bonchev–Trinajstić information content (AvgIpc) is 3.81. The summed E-state index contributed by atoms with van der Waals surface area (Å²) in [5.74, 6) is 0. The van der Waals surface area contributed by atoms with E-state index in [0.717, 1.165) is 72.2 Å². The number of anilines is 3. The van der Waals surface area contributed by atoms with Crippen LogP contribution in [0.25, 0.3) is 94.3 Å². The van der Waals surface area contributed by atoms with Crippen molar-refractivity contribution < 1.29 is 4.42 Å². The molecule has 0 fully saturated rings. The van der Waals surface area contributed by atoms with E-state index in [1.807, 2.05) is 24.3 Å². The summed E-state index contributed by atoms with van der Waals surface area (Å²) < 4.78 is 8.65. The molecule has 0 saturated heterocycles. The van der Waals surface area contributed by atoms with Crippen LogP contribution in [0.15, 0.2) is 200 Å². The predicted molar refractivity (Wildman–Crippen MR) is 243 cm³/mol. The van der Waals surface area contributed by atoms with E-state index in [-0.39, 0.29) is 0 Å². The molecule has 0 aliphatic carbocycles. The molecule has 11 rings (SSSR count). The topological polar surface area (TPSA) is 21.3 Å². The van der Waals surface area contributed by atoms with Gasteiger partial charge in [-0.2, -0.15) is 0 Å². The summed E-state index contributed by atoms with van der Waals surface area (Å²) in [6.45, 7) is 8.36. The van der Waals surface area contributed by atoms with Crippen molar-refractivity contribution in [2.24, 2.45) is 0 Å². The Morgan fingerprint density at radius 1 is 0.439 bits per heavy atom. The second-order valence-corrected chi connectivity index (χ2v) is 14.6. The molecule has 0 saturated carbocycles. The summed E-state index contributed by atoms with van der Waals surface area (Å²) in [5.41, 5.74) is 12.9. The van der Waals surface area contributed by atoms with Crippen LogP contribution in [-0.4, -0.2) is 4.57 Å². The standard InChI is InChI=1S/C54H36N2O/c1-3-35-33-52(45-16-8-7-15-44(45)43(35)4-2)55(42-28-30-54-49(34-42)47-18-10-12-20-53(47)57-54)40-25-21-37(22-26-40)39-24-29-51-48(32-39)46-17-9-11-19-50(46)56(51)41-27-23-36-13-5-6-14-38(36)31-41/h3-34H,1-2H2. The highest BCUT2D eigenvalue weighted by Gasteiger charge is 2.20. The molecule has 0 spiro atoms. The zero-order valence-electron chi connectivity index (χ0n) is 31.2. The number of fused-ring (bicyclic) bond motifs is 8. The molecule has 268 valence electrons. The molecule has 0 aliphatic heterocycles. The van der Waals surface area contributed by atoms with E-state index < -0.39 is 0 Å². The SMILES string of the molecule is C=Cc1cc(N(c2ccc(-c3ccc4c(c3)c3ccccc3n4-c3ccc4ccccc4c3)cc2)c2ccc3oc4ccccc4c3c2)c2ccccc2c1C=C. The third-order valence-corrected chi connectivity index (χ3v) is 11.5. The molecule has 0 aliphatic rings. The van der Waals surface area contributed by atoms with Gasteiger partial charge in [0.15, 0.2) is 0 Å². The number of nitrogens with zero attached hydrogens (tertiary/aromatic N) is 2. The number of hydrogen-bond acceptors (Lipinski definition) is 2. The summed E-state index contributed by atoms with van der Waals surface area (Å²) in [6.07, 6.45) is 3.86. The minimum Gasteiger partial charge on any atom is -0.456 e. The first-order chi connectivity index (χ1) is 28.2. The summed E-state index contributed by atoms with van der Waals surface area (Å²) in [6, 6.07) is 65.4. The lowest BCUT2D eigenvalue weighted by molar-refractivity contribution is 0.669. The highest BCUT2D eigenvalue weighted by molar-refractivity contribution is 6.11. The van der Waals surface area contributed by atoms with E-state index in [1.54, 1.807) is 0 Å². The van der Waals surface area contributed by atoms with Gasteiger partial charge in [0.05, 0.1) is 16.7 Å². The van der Waals surface area contributed by atoms with Crippen molar-refractivity contribution in [3.63, 3.8) is 0 Å². The highest BCUT2D eigenvalue weighted by Crippen LogP contribution is 2.44. The molecule has 57 heavy (non-hydrogen) atoms. The number of benzene rings is 9. The third kappa shape index (κ3) is 5.21. The molecule has 3 nitrogen and oxygen atoms in total. The van der Waals surface area contributed by atoms with Gasteiger partial charge in [-0.3, -0.25) is 0 Å². The zero-order valence-corrected chi connectivity index (χ0v) is 31.2. The maximum Gasteiger partial charge on any atom is 0.135 e. The Bertz CT molecular complexity index is 3400. The Morgan fingerprint density at radius 2 is 1.11 bits per heavy atom. The molecule has 3 heteroatoms. The van der Waals surface area contributed by atoms with Crippen LogP contribution in [0.2, 0.25) is 0 Å². The highest BCUT2D eigenvalue weighted by atomic mass is 16.3. The van der Waals surface area contributed by atoms with Crippen LogP contribution < -0.4 is 4.90 Å². The van der Waals surface area contributed by atoms with E-state index in [2.05, 4.69) is 192 Å². The molecule has 9 aromatic carbocycles. The minimum absolute atomic E-state index is 0.867. The number of aromatic nitrogens is 1. The van der Waals surface area contributed by atoms with Gasteiger partial charge in [-0.15, -0.1) is 0 Å². The number of para-hydroxylation sites is 2. The molecular formula is C54H36N2O. The van der Waals surface area contributed by atoms with E-state index in [9.17, 15) is 0 Å². The number of hydrogen-bond donors (Lipinski definition) is 0. The van der Waals surface area contributed by atoms with Gasteiger partial charge >= 0.3 is 0 Å². The fraction of sp³-hybridized carbons (Fsp3) is 0. The first kappa shape index (κ1) is 32.8. The van der Waals surface area contributed by atoms with Gasteiger partial charge in [0.25, 0.3) is 0 Å². The van der Waals surface area contributed by atoms with Gasteiger partial charge in [-0.25, -0.2) is 0 Å². The van der Waals surface area contributed by atoms with E-state index in [1.165, 1.54) is 38.1 Å². The van der Waals surface area contributed by atoms with Gasteiger partial charge in [0.2, 0.25) is 0 Å². The lowest BCUT2D eigenvalue weighted by atomic mass is 9.95. The number of furan rings is 1. The van der Waals surface area contributed by atoms with E-state index >= 15 is 0 Å². The van der Waals surface area contributed by atoms with Gasteiger partial charge in [0, 0.05) is 44.0 Å². The van der Waals surface area contributed by atoms with Crippen LogP contribution >= 0.6 is 0 Å². The smallest absolute Gasteiger partial charge is 0.135 e. The van der Waals surface area contributed by atoms with Gasteiger partial charge < -0.3 is 13.9 Å². The maximum absolute atomic E-state index is 6.26. The predicted octanol–water partition coefficient (Wildman–Crippen LogP) is 15.4. The van der Waals surface area contributed by atoms with Crippen molar-refractivity contribution in [3.05, 3.63) is 206 Å². The molecular weight excluding hydrogens is 693 g/mol. The summed E-state index contributed by atoms with van der Waals surface area (Å²) in [5, 5.41) is 9.38.